The molecule has 2 heteroatoms. The SMILES string of the molecule is C[C@@H](c1cc(-c2ccccc2)c[nH]1)C1CCC(c2ccnc3ccccc23)CC1. The summed E-state index contributed by atoms with van der Waals surface area (Å²) < 4.78 is 0. The number of hydrogen-bond donors (Lipinski definition) is 1. The zero-order valence-electron chi connectivity index (χ0n) is 17.0. The first kappa shape index (κ1) is 18.2. The minimum absolute atomic E-state index is 0.572. The Kier molecular flexibility index (Phi) is 4.93. The van der Waals surface area contributed by atoms with Gasteiger partial charge in [-0.25, -0.2) is 0 Å². The lowest BCUT2D eigenvalue weighted by molar-refractivity contribution is 0.289. The molecule has 0 amide bonds. The monoisotopic (exact) mass is 380 g/mol. The van der Waals surface area contributed by atoms with Crippen LogP contribution in [0.4, 0.5) is 0 Å². The summed E-state index contributed by atoms with van der Waals surface area (Å²) in [7, 11) is 0. The van der Waals surface area contributed by atoms with E-state index >= 15 is 0 Å². The standard InChI is InChI=1S/C27H28N2/c1-19(27-17-23(18-29-27)21-7-3-2-4-8-21)20-11-13-22(14-12-20)24-15-16-28-26-10-6-5-9-25(24)26/h2-10,15-20,22,29H,11-14H2,1H3/t19-,20?,22?/m1/s1. The topological polar surface area (TPSA) is 28.7 Å². The first-order chi connectivity index (χ1) is 14.3. The Morgan fingerprint density at radius 1 is 0.862 bits per heavy atom. The second-order valence-electron chi connectivity index (χ2n) is 8.53. The summed E-state index contributed by atoms with van der Waals surface area (Å²) in [6.45, 7) is 2.40. The molecule has 5 rings (SSSR count). The van der Waals surface area contributed by atoms with Crippen LogP contribution in [0.25, 0.3) is 22.0 Å². The molecule has 1 atom stereocenters. The van der Waals surface area contributed by atoms with Crippen LogP contribution in [0.2, 0.25) is 0 Å². The quantitative estimate of drug-likeness (QED) is 0.395. The molecule has 146 valence electrons. The number of fused-ring (bicyclic) bond motifs is 1. The minimum Gasteiger partial charge on any atom is -0.364 e. The molecule has 2 heterocycles. The van der Waals surface area contributed by atoms with E-state index in [9.17, 15) is 0 Å². The first-order valence-electron chi connectivity index (χ1n) is 10.9. The number of pyridine rings is 1. The Labute approximate surface area is 173 Å². The molecule has 1 N–H and O–H groups in total. The molecule has 2 aromatic carbocycles. The lowest BCUT2D eigenvalue weighted by atomic mass is 9.73. The summed E-state index contributed by atoms with van der Waals surface area (Å²) in [6.07, 6.45) is 9.28. The highest BCUT2D eigenvalue weighted by atomic mass is 14.7. The zero-order valence-corrected chi connectivity index (χ0v) is 17.0. The van der Waals surface area contributed by atoms with Crippen molar-refractivity contribution in [1.29, 1.82) is 0 Å². The number of aromatic amines is 1. The molecule has 2 nitrogen and oxygen atoms in total. The smallest absolute Gasteiger partial charge is 0.0704 e. The van der Waals surface area contributed by atoms with Crippen molar-refractivity contribution in [3.05, 3.63) is 90.4 Å². The fraction of sp³-hybridized carbons (Fsp3) is 0.296. The summed E-state index contributed by atoms with van der Waals surface area (Å²) >= 11 is 0. The van der Waals surface area contributed by atoms with Gasteiger partial charge in [0, 0.05) is 23.5 Å². The number of nitrogens with zero attached hydrogens (tertiary/aromatic N) is 1. The van der Waals surface area contributed by atoms with Gasteiger partial charge in [0.05, 0.1) is 5.52 Å². The van der Waals surface area contributed by atoms with Crippen LogP contribution in [0.15, 0.2) is 79.1 Å². The number of para-hydroxylation sites is 1. The molecule has 0 radical (unpaired) electrons. The maximum atomic E-state index is 4.54. The van der Waals surface area contributed by atoms with E-state index in [1.807, 2.05) is 6.20 Å². The molecule has 1 aliphatic rings. The molecule has 1 aliphatic carbocycles. The molecule has 0 saturated heterocycles. The second-order valence-corrected chi connectivity index (χ2v) is 8.53. The first-order valence-corrected chi connectivity index (χ1v) is 10.9. The minimum atomic E-state index is 0.572. The number of rotatable bonds is 4. The van der Waals surface area contributed by atoms with E-state index in [0.717, 1.165) is 11.4 Å². The Morgan fingerprint density at radius 3 is 2.45 bits per heavy atom. The number of benzene rings is 2. The Hall–Kier alpha value is -2.87. The molecular weight excluding hydrogens is 352 g/mol. The van der Waals surface area contributed by atoms with Crippen molar-refractivity contribution in [2.75, 3.05) is 0 Å². The molecule has 1 fully saturated rings. The van der Waals surface area contributed by atoms with Crippen molar-refractivity contribution < 1.29 is 0 Å². The number of hydrogen-bond acceptors (Lipinski definition) is 1. The van der Waals surface area contributed by atoms with Gasteiger partial charge in [-0.15, -0.1) is 0 Å². The van der Waals surface area contributed by atoms with Crippen molar-refractivity contribution in [3.63, 3.8) is 0 Å². The number of aromatic nitrogens is 2. The third-order valence-corrected chi connectivity index (χ3v) is 6.90. The van der Waals surface area contributed by atoms with Crippen molar-refractivity contribution in [3.8, 4) is 11.1 Å². The van der Waals surface area contributed by atoms with Crippen molar-refractivity contribution >= 4 is 10.9 Å². The molecular formula is C27H28N2. The lowest BCUT2D eigenvalue weighted by Crippen LogP contribution is -2.18. The molecule has 2 aromatic heterocycles. The van der Waals surface area contributed by atoms with Gasteiger partial charge in [0.1, 0.15) is 0 Å². The average Bonchev–Trinajstić information content (AvgIpc) is 3.29. The third kappa shape index (κ3) is 3.60. The summed E-state index contributed by atoms with van der Waals surface area (Å²) in [4.78, 5) is 8.10. The van der Waals surface area contributed by atoms with Gasteiger partial charge >= 0.3 is 0 Å². The van der Waals surface area contributed by atoms with Crippen LogP contribution < -0.4 is 0 Å². The molecule has 0 unspecified atom stereocenters. The molecule has 29 heavy (non-hydrogen) atoms. The van der Waals surface area contributed by atoms with Gasteiger partial charge in [-0.1, -0.05) is 55.5 Å². The fourth-order valence-electron chi connectivity index (χ4n) is 5.13. The van der Waals surface area contributed by atoms with Gasteiger partial charge in [0.25, 0.3) is 0 Å². The van der Waals surface area contributed by atoms with Gasteiger partial charge in [0.2, 0.25) is 0 Å². The zero-order chi connectivity index (χ0) is 19.6. The number of nitrogens with one attached hydrogen (secondary N) is 1. The fourth-order valence-corrected chi connectivity index (χ4v) is 5.13. The van der Waals surface area contributed by atoms with Gasteiger partial charge in [-0.2, -0.15) is 0 Å². The highest BCUT2D eigenvalue weighted by Crippen LogP contribution is 2.43. The number of H-pyrrole nitrogens is 1. The summed E-state index contributed by atoms with van der Waals surface area (Å²) in [5, 5.41) is 1.34. The maximum absolute atomic E-state index is 4.54. The van der Waals surface area contributed by atoms with E-state index in [0.29, 0.717) is 11.8 Å². The summed E-state index contributed by atoms with van der Waals surface area (Å²) in [5.74, 6) is 1.99. The summed E-state index contributed by atoms with van der Waals surface area (Å²) in [6, 6.07) is 23.8. The van der Waals surface area contributed by atoms with Crippen molar-refractivity contribution in [2.24, 2.45) is 5.92 Å². The highest BCUT2D eigenvalue weighted by Gasteiger charge is 2.28. The average molecular weight is 381 g/mol. The van der Waals surface area contributed by atoms with Gasteiger partial charge in [-0.3, -0.25) is 4.98 Å². The molecule has 4 aromatic rings. The molecule has 1 saturated carbocycles. The highest BCUT2D eigenvalue weighted by molar-refractivity contribution is 5.82. The van der Waals surface area contributed by atoms with Crippen LogP contribution in [0, 0.1) is 5.92 Å². The van der Waals surface area contributed by atoms with E-state index in [4.69, 9.17) is 0 Å². The van der Waals surface area contributed by atoms with Crippen molar-refractivity contribution in [1.82, 2.24) is 9.97 Å². The molecule has 0 aliphatic heterocycles. The van der Waals surface area contributed by atoms with E-state index in [-0.39, 0.29) is 0 Å². The van der Waals surface area contributed by atoms with Crippen LogP contribution in [0.5, 0.6) is 0 Å². The van der Waals surface area contributed by atoms with Crippen LogP contribution in [0.3, 0.4) is 0 Å². The largest absolute Gasteiger partial charge is 0.364 e. The predicted molar refractivity (Wildman–Crippen MR) is 121 cm³/mol. The van der Waals surface area contributed by atoms with Crippen LogP contribution in [-0.2, 0) is 0 Å². The van der Waals surface area contributed by atoms with Gasteiger partial charge < -0.3 is 4.98 Å². The van der Waals surface area contributed by atoms with E-state index < -0.39 is 0 Å². The third-order valence-electron chi connectivity index (χ3n) is 6.90. The van der Waals surface area contributed by atoms with Crippen LogP contribution >= 0.6 is 0 Å². The lowest BCUT2D eigenvalue weighted by Gasteiger charge is -2.32. The van der Waals surface area contributed by atoms with Gasteiger partial charge in [-0.05, 0) is 78.3 Å². The van der Waals surface area contributed by atoms with Crippen molar-refractivity contribution in [2.45, 2.75) is 44.4 Å². The molecule has 0 bridgehead atoms. The Balaban J connectivity index is 1.29. The van der Waals surface area contributed by atoms with Crippen LogP contribution in [-0.4, -0.2) is 9.97 Å². The maximum Gasteiger partial charge on any atom is 0.0704 e. The normalized spacial score (nSPS) is 20.6. The Morgan fingerprint density at radius 2 is 1.62 bits per heavy atom. The summed E-state index contributed by atoms with van der Waals surface area (Å²) in [5.41, 5.74) is 6.58. The predicted octanol–water partition coefficient (Wildman–Crippen LogP) is 7.31. The van der Waals surface area contributed by atoms with Crippen LogP contribution in [0.1, 0.15) is 55.7 Å². The molecule has 0 spiro atoms. The van der Waals surface area contributed by atoms with E-state index in [1.54, 1.807) is 0 Å². The van der Waals surface area contributed by atoms with Gasteiger partial charge in [0.15, 0.2) is 0 Å². The Bertz CT molecular complexity index is 1080. The van der Waals surface area contributed by atoms with E-state index in [2.05, 4.69) is 89.8 Å². The van der Waals surface area contributed by atoms with E-state index in [1.165, 1.54) is 53.5 Å². The second kappa shape index (κ2) is 7.87.